The van der Waals surface area contributed by atoms with E-state index in [2.05, 4.69) is 6.07 Å². The second-order valence-corrected chi connectivity index (χ2v) is 1.35. The third-order valence-corrected chi connectivity index (χ3v) is 0.737. The lowest BCUT2D eigenvalue weighted by Gasteiger charge is -1.82. The van der Waals surface area contributed by atoms with Crippen molar-refractivity contribution >= 4 is 0 Å². The molecule has 0 aromatic heterocycles. The summed E-state index contributed by atoms with van der Waals surface area (Å²) in [7, 11) is 0. The Bertz CT molecular complexity index is 146. The highest BCUT2D eigenvalue weighted by atomic mass is 19.1. The first-order valence-corrected chi connectivity index (χ1v) is 2.12. The summed E-state index contributed by atoms with van der Waals surface area (Å²) in [6.07, 6.45) is 0. The molecule has 48 valence electrons. The molecule has 9 heavy (non-hydrogen) atoms. The fourth-order valence-corrected chi connectivity index (χ4v) is 0.387. The quantitative estimate of drug-likeness (QED) is 0.502. The van der Waals surface area contributed by atoms with Crippen LogP contribution in [0.15, 0.2) is 18.2 Å². The standard InChI is InChI=1S/C6H3F2.CH3/c7-5-1-2-6(8)4-3-5;/h1-3H;1H3. The maximum Gasteiger partial charge on any atom is 0.131 e. The number of halogens is 2. The summed E-state index contributed by atoms with van der Waals surface area (Å²) in [6.45, 7) is 0. The van der Waals surface area contributed by atoms with Crippen LogP contribution >= 0.6 is 0 Å². The summed E-state index contributed by atoms with van der Waals surface area (Å²) >= 11 is 0. The minimum absolute atomic E-state index is 0. The molecule has 1 aromatic rings. The molecule has 1 aromatic carbocycles. The van der Waals surface area contributed by atoms with Gasteiger partial charge in [-0.05, 0) is 18.2 Å². The van der Waals surface area contributed by atoms with Crippen LogP contribution < -0.4 is 0 Å². The average Bonchev–Trinajstić information content (AvgIpc) is 1.77. The lowest BCUT2D eigenvalue weighted by molar-refractivity contribution is 0.598. The monoisotopic (exact) mass is 128 g/mol. The van der Waals surface area contributed by atoms with Crippen LogP contribution in [0.1, 0.15) is 0 Å². The van der Waals surface area contributed by atoms with Crippen LogP contribution in [0.25, 0.3) is 0 Å². The van der Waals surface area contributed by atoms with E-state index in [0.29, 0.717) is 0 Å². The van der Waals surface area contributed by atoms with Gasteiger partial charge in [-0.3, -0.25) is 0 Å². The third kappa shape index (κ3) is 2.22. The van der Waals surface area contributed by atoms with Crippen molar-refractivity contribution in [3.63, 3.8) is 0 Å². The van der Waals surface area contributed by atoms with E-state index in [1.807, 2.05) is 0 Å². The lowest BCUT2D eigenvalue weighted by Crippen LogP contribution is -1.73. The van der Waals surface area contributed by atoms with Crippen molar-refractivity contribution < 1.29 is 8.78 Å². The van der Waals surface area contributed by atoms with Gasteiger partial charge in [0, 0.05) is 6.07 Å². The Hall–Kier alpha value is -0.920. The van der Waals surface area contributed by atoms with Crippen LogP contribution in [0, 0.1) is 25.1 Å². The van der Waals surface area contributed by atoms with Gasteiger partial charge in [0.05, 0.1) is 0 Å². The van der Waals surface area contributed by atoms with Crippen LogP contribution in [-0.2, 0) is 0 Å². The highest BCUT2D eigenvalue weighted by Gasteiger charge is 1.87. The summed E-state index contributed by atoms with van der Waals surface area (Å²) < 4.78 is 23.8. The molecule has 0 bridgehead atoms. The smallest absolute Gasteiger partial charge is 0.131 e. The Morgan fingerprint density at radius 3 is 2.22 bits per heavy atom. The Labute approximate surface area is 53.1 Å². The number of hydrogen-bond acceptors (Lipinski definition) is 0. The first-order valence-electron chi connectivity index (χ1n) is 2.12. The summed E-state index contributed by atoms with van der Waals surface area (Å²) in [4.78, 5) is 0. The van der Waals surface area contributed by atoms with Gasteiger partial charge in [-0.1, -0.05) is 7.43 Å². The van der Waals surface area contributed by atoms with Crippen molar-refractivity contribution in [2.75, 3.05) is 0 Å². The van der Waals surface area contributed by atoms with Gasteiger partial charge in [-0.2, -0.15) is 0 Å². The van der Waals surface area contributed by atoms with Gasteiger partial charge in [-0.25, -0.2) is 8.78 Å². The van der Waals surface area contributed by atoms with Crippen molar-refractivity contribution in [2.45, 2.75) is 0 Å². The molecule has 0 saturated carbocycles. The summed E-state index contributed by atoms with van der Waals surface area (Å²) in [5.41, 5.74) is 0. The Balaban J connectivity index is 0.000000640. The predicted molar refractivity (Wildman–Crippen MR) is 31.6 cm³/mol. The molecule has 0 saturated heterocycles. The molecule has 0 N–H and O–H groups in total. The average molecular weight is 128 g/mol. The maximum absolute atomic E-state index is 11.9. The van der Waals surface area contributed by atoms with Crippen molar-refractivity contribution in [2.24, 2.45) is 0 Å². The minimum Gasteiger partial charge on any atom is -0.207 e. The molecule has 0 aliphatic carbocycles. The first kappa shape index (κ1) is 8.08. The zero-order chi connectivity index (χ0) is 5.98. The molecule has 0 fully saturated rings. The highest BCUT2D eigenvalue weighted by molar-refractivity contribution is 5.03. The third-order valence-electron chi connectivity index (χ3n) is 0.737. The molecular formula is C7H6F2. The minimum atomic E-state index is -0.536. The van der Waals surface area contributed by atoms with Gasteiger partial charge in [0.1, 0.15) is 11.6 Å². The van der Waals surface area contributed by atoms with Gasteiger partial charge >= 0.3 is 0 Å². The van der Waals surface area contributed by atoms with E-state index in [9.17, 15) is 8.78 Å². The molecular weight excluding hydrogens is 122 g/mol. The largest absolute Gasteiger partial charge is 0.207 e. The van der Waals surface area contributed by atoms with Crippen molar-refractivity contribution in [1.82, 2.24) is 0 Å². The molecule has 2 heteroatoms. The van der Waals surface area contributed by atoms with Crippen LogP contribution in [0.3, 0.4) is 0 Å². The normalized spacial score (nSPS) is 8.22. The van der Waals surface area contributed by atoms with Crippen LogP contribution in [0.4, 0.5) is 8.78 Å². The van der Waals surface area contributed by atoms with E-state index in [1.165, 1.54) is 0 Å². The lowest BCUT2D eigenvalue weighted by atomic mass is 10.3. The van der Waals surface area contributed by atoms with Gasteiger partial charge in [0.15, 0.2) is 0 Å². The van der Waals surface area contributed by atoms with E-state index < -0.39 is 11.6 Å². The van der Waals surface area contributed by atoms with Gasteiger partial charge in [0.25, 0.3) is 0 Å². The van der Waals surface area contributed by atoms with Crippen LogP contribution in [-0.4, -0.2) is 0 Å². The van der Waals surface area contributed by atoms with Gasteiger partial charge < -0.3 is 0 Å². The molecule has 0 heterocycles. The topological polar surface area (TPSA) is 0 Å². The zero-order valence-electron chi connectivity index (χ0n) is 4.99. The summed E-state index contributed by atoms with van der Waals surface area (Å²) in [5.74, 6) is -1.00. The molecule has 0 atom stereocenters. The Morgan fingerprint density at radius 1 is 1.22 bits per heavy atom. The molecule has 0 amide bonds. The van der Waals surface area contributed by atoms with E-state index >= 15 is 0 Å². The molecule has 0 nitrogen and oxygen atoms in total. The molecule has 2 radical (unpaired) electrons. The van der Waals surface area contributed by atoms with E-state index in [0.717, 1.165) is 18.2 Å². The second kappa shape index (κ2) is 3.17. The second-order valence-electron chi connectivity index (χ2n) is 1.35. The number of hydrogen-bond donors (Lipinski definition) is 0. The highest BCUT2D eigenvalue weighted by Crippen LogP contribution is 1.97. The SMILES string of the molecule is Fc1[c]cc(F)cc1.[CH3]. The number of benzene rings is 1. The van der Waals surface area contributed by atoms with Crippen LogP contribution in [0.2, 0.25) is 0 Å². The van der Waals surface area contributed by atoms with Crippen molar-refractivity contribution in [3.05, 3.63) is 43.3 Å². The first-order chi connectivity index (χ1) is 3.79. The van der Waals surface area contributed by atoms with Crippen molar-refractivity contribution in [1.29, 1.82) is 0 Å². The van der Waals surface area contributed by atoms with Crippen LogP contribution in [0.5, 0.6) is 0 Å². The maximum atomic E-state index is 11.9. The Morgan fingerprint density at radius 2 is 1.89 bits per heavy atom. The van der Waals surface area contributed by atoms with E-state index in [4.69, 9.17) is 0 Å². The van der Waals surface area contributed by atoms with Gasteiger partial charge in [0.2, 0.25) is 0 Å². The number of rotatable bonds is 0. The van der Waals surface area contributed by atoms with E-state index in [1.54, 1.807) is 0 Å². The van der Waals surface area contributed by atoms with Crippen molar-refractivity contribution in [3.8, 4) is 0 Å². The summed E-state index contributed by atoms with van der Waals surface area (Å²) in [6, 6.07) is 5.08. The molecule has 0 aliphatic heterocycles. The molecule has 0 unspecified atom stereocenters. The fraction of sp³-hybridized carbons (Fsp3) is 0. The summed E-state index contributed by atoms with van der Waals surface area (Å²) in [5, 5.41) is 0. The van der Waals surface area contributed by atoms with Gasteiger partial charge in [-0.15, -0.1) is 0 Å². The Kier molecular flexibility index (Phi) is 2.85. The molecule has 1 rings (SSSR count). The predicted octanol–water partition coefficient (Wildman–Crippen LogP) is 2.22. The fourth-order valence-electron chi connectivity index (χ4n) is 0.387. The molecule has 0 aliphatic rings. The molecule has 0 spiro atoms. The van der Waals surface area contributed by atoms with E-state index in [-0.39, 0.29) is 7.43 Å². The zero-order valence-corrected chi connectivity index (χ0v) is 4.99.